The minimum atomic E-state index is 0.537. The summed E-state index contributed by atoms with van der Waals surface area (Å²) in [5.41, 5.74) is 0. The van der Waals surface area contributed by atoms with E-state index in [1.807, 2.05) is 0 Å². The third kappa shape index (κ3) is 4.64. The van der Waals surface area contributed by atoms with Crippen LogP contribution in [-0.4, -0.2) is 15.0 Å². The summed E-state index contributed by atoms with van der Waals surface area (Å²) in [4.78, 5) is 0. The van der Waals surface area contributed by atoms with Crippen molar-refractivity contribution >= 4 is 19.4 Å². The van der Waals surface area contributed by atoms with Gasteiger partial charge >= 0.3 is 93.4 Å². The molecular formula is C13H18Se. The summed E-state index contributed by atoms with van der Waals surface area (Å²) in [5.74, 6) is 0. The molecule has 1 heteroatoms. The molecule has 14 heavy (non-hydrogen) atoms. The summed E-state index contributed by atoms with van der Waals surface area (Å²) in [5, 5.41) is 0. The van der Waals surface area contributed by atoms with Crippen molar-refractivity contribution in [2.45, 2.75) is 33.1 Å². The monoisotopic (exact) mass is 254 g/mol. The van der Waals surface area contributed by atoms with E-state index >= 15 is 0 Å². The zero-order valence-corrected chi connectivity index (χ0v) is 10.7. The Morgan fingerprint density at radius 2 is 2.00 bits per heavy atom. The molecule has 0 radical (unpaired) electrons. The molecule has 0 N–H and O–H groups in total. The van der Waals surface area contributed by atoms with E-state index in [4.69, 9.17) is 0 Å². The van der Waals surface area contributed by atoms with E-state index in [0.29, 0.717) is 15.0 Å². The zero-order chi connectivity index (χ0) is 10.2. The van der Waals surface area contributed by atoms with Crippen molar-refractivity contribution in [3.8, 4) is 0 Å². The molecule has 76 valence electrons. The van der Waals surface area contributed by atoms with Gasteiger partial charge in [-0.3, -0.25) is 0 Å². The molecule has 0 fully saturated rings. The molecule has 0 heterocycles. The molecule has 0 aromatic heterocycles. The number of hydrogen-bond donors (Lipinski definition) is 0. The van der Waals surface area contributed by atoms with Gasteiger partial charge in [-0.2, -0.15) is 0 Å². The molecule has 0 spiro atoms. The normalized spacial score (nSPS) is 11.7. The van der Waals surface area contributed by atoms with Crippen LogP contribution in [0, 0.1) is 0 Å². The number of benzene rings is 1. The number of allylic oxidation sites excluding steroid dienone is 2. The van der Waals surface area contributed by atoms with E-state index in [1.54, 1.807) is 4.47 Å². The average molecular weight is 253 g/mol. The molecule has 1 aromatic rings. The van der Waals surface area contributed by atoms with Crippen LogP contribution in [0.5, 0.6) is 0 Å². The van der Waals surface area contributed by atoms with Crippen LogP contribution in [0.4, 0.5) is 0 Å². The van der Waals surface area contributed by atoms with E-state index in [2.05, 4.69) is 50.3 Å². The Hall–Kier alpha value is -0.521. The first-order chi connectivity index (χ1) is 6.83. The Morgan fingerprint density at radius 1 is 1.29 bits per heavy atom. The third-order valence-electron chi connectivity index (χ3n) is 2.01. The molecule has 1 aromatic carbocycles. The van der Waals surface area contributed by atoms with Crippen molar-refractivity contribution in [3.63, 3.8) is 0 Å². The standard InChI is InChI=1S/C13H18Se/c1-3-4-6-9-12(2)14-13-10-7-5-8-11-13/h5,7-11H,3-4,6H2,1-2H3/b12-9+. The van der Waals surface area contributed by atoms with Crippen molar-refractivity contribution in [3.05, 3.63) is 40.9 Å². The maximum absolute atomic E-state index is 2.40. The molecular weight excluding hydrogens is 235 g/mol. The van der Waals surface area contributed by atoms with Gasteiger partial charge in [-0.15, -0.1) is 0 Å². The first-order valence-corrected chi connectivity index (χ1v) is 6.94. The number of hydrogen-bond acceptors (Lipinski definition) is 0. The van der Waals surface area contributed by atoms with Crippen LogP contribution in [0.15, 0.2) is 40.9 Å². The van der Waals surface area contributed by atoms with E-state index in [1.165, 1.54) is 23.7 Å². The van der Waals surface area contributed by atoms with Gasteiger partial charge in [0.15, 0.2) is 0 Å². The molecule has 0 amide bonds. The third-order valence-corrected chi connectivity index (χ3v) is 4.10. The van der Waals surface area contributed by atoms with Crippen molar-refractivity contribution in [2.75, 3.05) is 0 Å². The van der Waals surface area contributed by atoms with Crippen LogP contribution in [0.3, 0.4) is 0 Å². The van der Waals surface area contributed by atoms with Crippen LogP contribution < -0.4 is 4.46 Å². The van der Waals surface area contributed by atoms with Crippen molar-refractivity contribution in [1.82, 2.24) is 0 Å². The Bertz CT molecular complexity index is 275. The second-order valence-electron chi connectivity index (χ2n) is 3.37. The molecule has 1 rings (SSSR count). The Balaban J connectivity index is 2.40. The predicted octanol–water partition coefficient (Wildman–Crippen LogP) is 3.11. The quantitative estimate of drug-likeness (QED) is 0.558. The first-order valence-electron chi connectivity index (χ1n) is 5.22. The summed E-state index contributed by atoms with van der Waals surface area (Å²) in [6, 6.07) is 10.8. The van der Waals surface area contributed by atoms with Crippen molar-refractivity contribution in [1.29, 1.82) is 0 Å². The number of unbranched alkanes of at least 4 members (excludes halogenated alkanes) is 2. The summed E-state index contributed by atoms with van der Waals surface area (Å²) in [6.45, 7) is 4.49. The van der Waals surface area contributed by atoms with Gasteiger partial charge in [-0.05, 0) is 0 Å². The molecule has 0 aliphatic carbocycles. The molecule has 0 nitrogen and oxygen atoms in total. The van der Waals surface area contributed by atoms with Gasteiger partial charge in [0.2, 0.25) is 0 Å². The van der Waals surface area contributed by atoms with Crippen molar-refractivity contribution < 1.29 is 0 Å². The van der Waals surface area contributed by atoms with Gasteiger partial charge in [0.05, 0.1) is 0 Å². The van der Waals surface area contributed by atoms with E-state index in [0.717, 1.165) is 0 Å². The molecule has 0 aliphatic rings. The Labute approximate surface area is 93.6 Å². The van der Waals surface area contributed by atoms with Crippen LogP contribution >= 0.6 is 0 Å². The molecule has 0 bridgehead atoms. The van der Waals surface area contributed by atoms with Crippen molar-refractivity contribution in [2.24, 2.45) is 0 Å². The predicted molar refractivity (Wildman–Crippen MR) is 65.1 cm³/mol. The van der Waals surface area contributed by atoms with Crippen LogP contribution in [-0.2, 0) is 0 Å². The van der Waals surface area contributed by atoms with Gasteiger partial charge in [0.25, 0.3) is 0 Å². The molecule has 0 unspecified atom stereocenters. The van der Waals surface area contributed by atoms with Gasteiger partial charge in [0.1, 0.15) is 0 Å². The van der Waals surface area contributed by atoms with E-state index < -0.39 is 0 Å². The van der Waals surface area contributed by atoms with Gasteiger partial charge in [-0.1, -0.05) is 0 Å². The zero-order valence-electron chi connectivity index (χ0n) is 8.99. The summed E-state index contributed by atoms with van der Waals surface area (Å²) < 4.78 is 3.03. The Morgan fingerprint density at radius 3 is 2.64 bits per heavy atom. The fourth-order valence-electron chi connectivity index (χ4n) is 1.23. The van der Waals surface area contributed by atoms with Gasteiger partial charge in [-0.25, -0.2) is 0 Å². The van der Waals surface area contributed by atoms with Gasteiger partial charge in [0, 0.05) is 0 Å². The fourth-order valence-corrected chi connectivity index (χ4v) is 3.04. The molecule has 0 atom stereocenters. The topological polar surface area (TPSA) is 0 Å². The van der Waals surface area contributed by atoms with Gasteiger partial charge < -0.3 is 0 Å². The molecule has 0 aliphatic heterocycles. The van der Waals surface area contributed by atoms with Crippen LogP contribution in [0.25, 0.3) is 0 Å². The van der Waals surface area contributed by atoms with E-state index in [9.17, 15) is 0 Å². The fraction of sp³-hybridized carbons (Fsp3) is 0.385. The molecule has 0 saturated carbocycles. The summed E-state index contributed by atoms with van der Waals surface area (Å²) in [7, 11) is 0. The second-order valence-corrected chi connectivity index (χ2v) is 6.14. The average Bonchev–Trinajstić information content (AvgIpc) is 2.20. The van der Waals surface area contributed by atoms with Crippen LogP contribution in [0.1, 0.15) is 33.1 Å². The minimum absolute atomic E-state index is 0.537. The second kappa shape index (κ2) is 6.86. The van der Waals surface area contributed by atoms with Crippen LogP contribution in [0.2, 0.25) is 0 Å². The SMILES string of the molecule is CCCC/C=C(\C)[Se]c1ccccc1. The van der Waals surface area contributed by atoms with E-state index in [-0.39, 0.29) is 0 Å². The summed E-state index contributed by atoms with van der Waals surface area (Å²) in [6.07, 6.45) is 6.26. The Kier molecular flexibility index (Phi) is 5.66. The summed E-state index contributed by atoms with van der Waals surface area (Å²) >= 11 is 0.537. The first kappa shape index (κ1) is 11.6. The maximum atomic E-state index is 2.40. The number of rotatable bonds is 5. The molecule has 0 saturated heterocycles.